The van der Waals surface area contributed by atoms with Crippen LogP contribution >= 0.6 is 0 Å². The third kappa shape index (κ3) is 4.57. The zero-order valence-electron chi connectivity index (χ0n) is 17.3. The maximum atomic E-state index is 13.1. The van der Waals surface area contributed by atoms with Crippen molar-refractivity contribution in [3.05, 3.63) is 53.5 Å². The Bertz CT molecular complexity index is 1020. The van der Waals surface area contributed by atoms with E-state index in [-0.39, 0.29) is 35.4 Å². The Balaban J connectivity index is 1.66. The smallest absolute Gasteiger partial charge is 0.339 e. The molecule has 9 heteroatoms. The van der Waals surface area contributed by atoms with Gasteiger partial charge in [0.2, 0.25) is 15.9 Å². The summed E-state index contributed by atoms with van der Waals surface area (Å²) < 4.78 is 37.7. The Morgan fingerprint density at radius 3 is 2.43 bits per heavy atom. The zero-order valence-corrected chi connectivity index (χ0v) is 18.1. The fourth-order valence-corrected chi connectivity index (χ4v) is 5.30. The number of esters is 1. The molecule has 162 valence electrons. The van der Waals surface area contributed by atoms with E-state index in [4.69, 9.17) is 9.15 Å². The van der Waals surface area contributed by atoms with Crippen molar-refractivity contribution in [2.45, 2.75) is 31.2 Å². The van der Waals surface area contributed by atoms with E-state index in [1.54, 1.807) is 24.1 Å². The van der Waals surface area contributed by atoms with Crippen molar-refractivity contribution in [2.24, 2.45) is 5.92 Å². The number of carbonyl (C=O) groups excluding carboxylic acids is 2. The number of methoxy groups -OCH3 is 1. The van der Waals surface area contributed by atoms with Gasteiger partial charge in [-0.2, -0.15) is 4.31 Å². The molecule has 1 aliphatic heterocycles. The predicted molar refractivity (Wildman–Crippen MR) is 109 cm³/mol. The lowest BCUT2D eigenvalue weighted by Gasteiger charge is -2.32. The van der Waals surface area contributed by atoms with Crippen LogP contribution in [-0.4, -0.2) is 56.7 Å². The number of furan rings is 1. The van der Waals surface area contributed by atoms with E-state index in [2.05, 4.69) is 0 Å². The highest BCUT2D eigenvalue weighted by Gasteiger charge is 2.35. The Morgan fingerprint density at radius 2 is 1.83 bits per heavy atom. The molecule has 1 aliphatic rings. The van der Waals surface area contributed by atoms with Crippen LogP contribution in [-0.2, 0) is 26.1 Å². The van der Waals surface area contributed by atoms with Gasteiger partial charge < -0.3 is 14.1 Å². The molecule has 3 rings (SSSR count). The van der Waals surface area contributed by atoms with Crippen molar-refractivity contribution in [3.63, 3.8) is 0 Å². The van der Waals surface area contributed by atoms with Gasteiger partial charge >= 0.3 is 5.97 Å². The largest absolute Gasteiger partial charge is 0.465 e. The normalized spacial score (nSPS) is 15.7. The van der Waals surface area contributed by atoms with E-state index in [1.807, 2.05) is 19.1 Å². The number of aryl methyl sites for hydroxylation is 1. The standard InChI is InChI=1S/C21H26N2O6S/c1-15-8-9-17(29-15)14-22(2)20(24)16-10-12-23(13-11-16)30(26,27)19-7-5-4-6-18(19)21(25)28-3/h4-9,16H,10-14H2,1-3H3. The number of carbonyl (C=O) groups is 2. The van der Waals surface area contributed by atoms with Crippen LogP contribution < -0.4 is 0 Å². The quantitative estimate of drug-likeness (QED) is 0.648. The zero-order chi connectivity index (χ0) is 21.9. The lowest BCUT2D eigenvalue weighted by Crippen LogP contribution is -2.43. The van der Waals surface area contributed by atoms with Gasteiger partial charge in [-0.05, 0) is 44.0 Å². The molecule has 0 aliphatic carbocycles. The van der Waals surface area contributed by atoms with E-state index in [1.165, 1.54) is 23.5 Å². The molecule has 2 aromatic rings. The van der Waals surface area contributed by atoms with Crippen LogP contribution in [0.25, 0.3) is 0 Å². The van der Waals surface area contributed by atoms with Crippen LogP contribution in [0.5, 0.6) is 0 Å². The summed E-state index contributed by atoms with van der Waals surface area (Å²) in [6.45, 7) is 2.64. The molecule has 0 radical (unpaired) electrons. The van der Waals surface area contributed by atoms with Gasteiger partial charge in [-0.15, -0.1) is 0 Å². The minimum absolute atomic E-state index is 0.00618. The van der Waals surface area contributed by atoms with E-state index >= 15 is 0 Å². The van der Waals surface area contributed by atoms with Crippen molar-refractivity contribution in [1.29, 1.82) is 0 Å². The summed E-state index contributed by atoms with van der Waals surface area (Å²) >= 11 is 0. The summed E-state index contributed by atoms with van der Waals surface area (Å²) in [4.78, 5) is 26.3. The predicted octanol–water partition coefficient (Wildman–Crippen LogP) is 2.43. The lowest BCUT2D eigenvalue weighted by atomic mass is 9.96. The second kappa shape index (κ2) is 9.01. The third-order valence-electron chi connectivity index (χ3n) is 5.28. The van der Waals surface area contributed by atoms with Gasteiger partial charge in [0, 0.05) is 26.1 Å². The Labute approximate surface area is 176 Å². The SMILES string of the molecule is COC(=O)c1ccccc1S(=O)(=O)N1CCC(C(=O)N(C)Cc2ccc(C)o2)CC1. The van der Waals surface area contributed by atoms with Gasteiger partial charge in [0.05, 0.1) is 24.1 Å². The first-order chi connectivity index (χ1) is 14.2. The maximum absolute atomic E-state index is 13.1. The average molecular weight is 435 g/mol. The summed E-state index contributed by atoms with van der Waals surface area (Å²) in [6.07, 6.45) is 0.833. The van der Waals surface area contributed by atoms with Crippen LogP contribution in [0.2, 0.25) is 0 Å². The minimum Gasteiger partial charge on any atom is -0.465 e. The number of nitrogens with zero attached hydrogens (tertiary/aromatic N) is 2. The Kier molecular flexibility index (Phi) is 6.62. The van der Waals surface area contributed by atoms with Gasteiger partial charge in [0.1, 0.15) is 11.5 Å². The molecule has 0 spiro atoms. The Morgan fingerprint density at radius 1 is 1.17 bits per heavy atom. The highest BCUT2D eigenvalue weighted by atomic mass is 32.2. The van der Waals surface area contributed by atoms with Crippen LogP contribution in [0.4, 0.5) is 0 Å². The molecule has 30 heavy (non-hydrogen) atoms. The second-order valence-electron chi connectivity index (χ2n) is 7.37. The van der Waals surface area contributed by atoms with Crippen molar-refractivity contribution in [2.75, 3.05) is 27.2 Å². The number of sulfonamides is 1. The Hall–Kier alpha value is -2.65. The fourth-order valence-electron chi connectivity index (χ4n) is 3.65. The van der Waals surface area contributed by atoms with Gasteiger partial charge in [0.25, 0.3) is 0 Å². The molecular weight excluding hydrogens is 408 g/mol. The van der Waals surface area contributed by atoms with Gasteiger partial charge in [-0.25, -0.2) is 13.2 Å². The lowest BCUT2D eigenvalue weighted by molar-refractivity contribution is -0.136. The fraction of sp³-hybridized carbons (Fsp3) is 0.429. The summed E-state index contributed by atoms with van der Waals surface area (Å²) in [5.41, 5.74) is 0.00618. The molecule has 1 aromatic carbocycles. The first kappa shape index (κ1) is 22.0. The second-order valence-corrected chi connectivity index (χ2v) is 9.28. The number of ether oxygens (including phenoxy) is 1. The summed E-state index contributed by atoms with van der Waals surface area (Å²) in [6, 6.07) is 9.68. The van der Waals surface area contributed by atoms with Crippen molar-refractivity contribution >= 4 is 21.9 Å². The van der Waals surface area contributed by atoms with E-state index in [9.17, 15) is 18.0 Å². The summed E-state index contributed by atoms with van der Waals surface area (Å²) in [5, 5.41) is 0. The number of rotatable bonds is 6. The molecule has 8 nitrogen and oxygen atoms in total. The van der Waals surface area contributed by atoms with Crippen LogP contribution in [0.3, 0.4) is 0 Å². The topological polar surface area (TPSA) is 97.1 Å². The number of hydrogen-bond donors (Lipinski definition) is 0. The highest BCUT2D eigenvalue weighted by molar-refractivity contribution is 7.89. The maximum Gasteiger partial charge on any atom is 0.339 e. The van der Waals surface area contributed by atoms with Gasteiger partial charge in [-0.3, -0.25) is 4.79 Å². The van der Waals surface area contributed by atoms with Crippen molar-refractivity contribution in [3.8, 4) is 0 Å². The van der Waals surface area contributed by atoms with Crippen LogP contribution in [0, 0.1) is 12.8 Å². The first-order valence-electron chi connectivity index (χ1n) is 9.72. The number of hydrogen-bond acceptors (Lipinski definition) is 6. The van der Waals surface area contributed by atoms with Gasteiger partial charge in [0.15, 0.2) is 0 Å². The number of piperidine rings is 1. The molecule has 1 saturated heterocycles. The molecule has 1 aromatic heterocycles. The van der Waals surface area contributed by atoms with Gasteiger partial charge in [-0.1, -0.05) is 12.1 Å². The monoisotopic (exact) mass is 434 g/mol. The molecule has 0 bridgehead atoms. The summed E-state index contributed by atoms with van der Waals surface area (Å²) in [7, 11) is -0.941. The van der Waals surface area contributed by atoms with Crippen LogP contribution in [0.15, 0.2) is 45.7 Å². The molecule has 1 amide bonds. The average Bonchev–Trinajstić information content (AvgIpc) is 3.17. The molecule has 2 heterocycles. The summed E-state index contributed by atoms with van der Waals surface area (Å²) in [5.74, 6) is 0.512. The van der Waals surface area contributed by atoms with E-state index in [0.29, 0.717) is 25.1 Å². The molecule has 0 unspecified atom stereocenters. The van der Waals surface area contributed by atoms with Crippen molar-refractivity contribution < 1.29 is 27.2 Å². The first-order valence-corrected chi connectivity index (χ1v) is 11.2. The van der Waals surface area contributed by atoms with E-state index in [0.717, 1.165) is 5.76 Å². The van der Waals surface area contributed by atoms with Crippen molar-refractivity contribution in [1.82, 2.24) is 9.21 Å². The molecule has 0 atom stereocenters. The number of benzene rings is 1. The van der Waals surface area contributed by atoms with Crippen LogP contribution in [0.1, 0.15) is 34.7 Å². The minimum atomic E-state index is -3.87. The molecule has 0 saturated carbocycles. The number of amides is 1. The third-order valence-corrected chi connectivity index (χ3v) is 7.24. The highest BCUT2D eigenvalue weighted by Crippen LogP contribution is 2.27. The van der Waals surface area contributed by atoms with E-state index < -0.39 is 16.0 Å². The molecular formula is C21H26N2O6S. The molecule has 0 N–H and O–H groups in total. The molecule has 1 fully saturated rings.